The van der Waals surface area contributed by atoms with E-state index in [9.17, 15) is 0 Å². The van der Waals surface area contributed by atoms with Crippen LogP contribution in [0.25, 0.3) is 5.73 Å². The van der Waals surface area contributed by atoms with Crippen LogP contribution >= 0.6 is 0 Å². The quantitative estimate of drug-likeness (QED) is 0.571. The number of hydrogen-bond acceptors (Lipinski definition) is 1. The van der Waals surface area contributed by atoms with Crippen molar-refractivity contribution in [2.45, 2.75) is 0 Å². The van der Waals surface area contributed by atoms with Gasteiger partial charge in [-0.15, -0.1) is 5.69 Å². The summed E-state index contributed by atoms with van der Waals surface area (Å²) in [7, 11) is 0. The molecule has 0 spiro atoms. The number of nitrogens with one attached hydrogen (secondary N) is 2. The van der Waals surface area contributed by atoms with Crippen molar-refractivity contribution in [3.63, 3.8) is 0 Å². The Hall–Kier alpha value is -0.661. The second-order valence-corrected chi connectivity index (χ2v) is 1.37. The Labute approximate surface area is 62.5 Å². The molecule has 9 heavy (non-hydrogen) atoms. The van der Waals surface area contributed by atoms with Gasteiger partial charge in [0.2, 0.25) is 0 Å². The molecule has 0 unspecified atom stereocenters. The van der Waals surface area contributed by atoms with Gasteiger partial charge in [-0.3, -0.25) is 0 Å². The molecule has 0 aliphatic carbocycles. The first kappa shape index (κ1) is 8.34. The van der Waals surface area contributed by atoms with E-state index in [1.165, 1.54) is 0 Å². The van der Waals surface area contributed by atoms with Crippen molar-refractivity contribution in [2.75, 3.05) is 0 Å². The molecule has 0 bridgehead atoms. The first-order chi connectivity index (χ1) is 4.39. The monoisotopic (exact) mass is 163 g/mol. The van der Waals surface area contributed by atoms with Gasteiger partial charge in [-0.1, -0.05) is 30.3 Å². The Morgan fingerprint density at radius 3 is 1.78 bits per heavy atom. The molecule has 0 amide bonds. The van der Waals surface area contributed by atoms with Crippen LogP contribution in [0.3, 0.4) is 0 Å². The predicted molar refractivity (Wildman–Crippen MR) is 33.1 cm³/mol. The molecular formula is C6H7FeN2. The number of benzene rings is 1. The van der Waals surface area contributed by atoms with Gasteiger partial charge in [0.05, 0.1) is 0 Å². The van der Waals surface area contributed by atoms with Gasteiger partial charge >= 0.3 is 20.2 Å². The SMILES string of the molecule is [NH-]c1ccccc1.[NH]=[Fe+]. The van der Waals surface area contributed by atoms with E-state index < -0.39 is 0 Å². The van der Waals surface area contributed by atoms with Crippen molar-refractivity contribution in [1.82, 2.24) is 0 Å². The fourth-order valence-electron chi connectivity index (χ4n) is 0.438. The van der Waals surface area contributed by atoms with Crippen LogP contribution in [0.1, 0.15) is 0 Å². The molecule has 49 valence electrons. The summed E-state index contributed by atoms with van der Waals surface area (Å²) in [5, 5.41) is 0. The van der Waals surface area contributed by atoms with Crippen molar-refractivity contribution in [1.29, 1.82) is 4.38 Å². The zero-order valence-electron chi connectivity index (χ0n) is 4.74. The molecule has 0 aliphatic rings. The summed E-state index contributed by atoms with van der Waals surface area (Å²) in [5.74, 6) is 0. The third-order valence-electron chi connectivity index (χ3n) is 0.774. The molecule has 2 nitrogen and oxygen atoms in total. The summed E-state index contributed by atoms with van der Waals surface area (Å²) < 4.78 is 5.50. The molecule has 1 aromatic rings. The second kappa shape index (κ2) is 5.48. The molecule has 1 aromatic carbocycles. The molecular weight excluding hydrogens is 156 g/mol. The molecule has 0 saturated heterocycles. The molecule has 1 rings (SSSR count). The van der Waals surface area contributed by atoms with Crippen LogP contribution < -0.4 is 0 Å². The van der Waals surface area contributed by atoms with Crippen LogP contribution in [0.4, 0.5) is 5.69 Å². The zero-order valence-corrected chi connectivity index (χ0v) is 5.84. The maximum absolute atomic E-state index is 7.00. The van der Waals surface area contributed by atoms with E-state index >= 15 is 0 Å². The van der Waals surface area contributed by atoms with Crippen LogP contribution in [0.2, 0.25) is 0 Å². The average molecular weight is 163 g/mol. The fraction of sp³-hybridized carbons (Fsp3) is 0. The standard InChI is InChI=1S/C6H6N.Fe.HN/c7-6-4-2-1-3-5-6;;/h1-5,7H;;1H/q-1;+1;. The average Bonchev–Trinajstić information content (AvgIpc) is 1.94. The first-order valence-electron chi connectivity index (χ1n) is 2.34. The minimum atomic E-state index is 0.572. The van der Waals surface area contributed by atoms with Gasteiger partial charge < -0.3 is 5.73 Å². The minimum absolute atomic E-state index is 0.572. The van der Waals surface area contributed by atoms with Crippen molar-refractivity contribution in [3.05, 3.63) is 36.1 Å². The van der Waals surface area contributed by atoms with Crippen LogP contribution in [-0.4, -0.2) is 0 Å². The second-order valence-electron chi connectivity index (χ2n) is 1.37. The van der Waals surface area contributed by atoms with Gasteiger partial charge in [0.15, 0.2) is 0 Å². The molecule has 0 radical (unpaired) electrons. The fourth-order valence-corrected chi connectivity index (χ4v) is 0.438. The Morgan fingerprint density at radius 1 is 1.11 bits per heavy atom. The van der Waals surface area contributed by atoms with Gasteiger partial charge in [-0.05, 0) is 0 Å². The Balaban J connectivity index is 0.000000291. The van der Waals surface area contributed by atoms with Gasteiger partial charge in [0.1, 0.15) is 0 Å². The van der Waals surface area contributed by atoms with Crippen molar-refractivity contribution >= 4 is 5.69 Å². The van der Waals surface area contributed by atoms with Crippen molar-refractivity contribution in [2.24, 2.45) is 0 Å². The van der Waals surface area contributed by atoms with E-state index in [0.29, 0.717) is 5.69 Å². The van der Waals surface area contributed by atoms with E-state index in [1.54, 1.807) is 12.1 Å². The van der Waals surface area contributed by atoms with Gasteiger partial charge in [0.25, 0.3) is 0 Å². The van der Waals surface area contributed by atoms with Crippen molar-refractivity contribution in [3.8, 4) is 0 Å². The molecule has 0 aliphatic heterocycles. The predicted octanol–water partition coefficient (Wildman–Crippen LogP) is 2.67. The van der Waals surface area contributed by atoms with E-state index in [-0.39, 0.29) is 0 Å². The van der Waals surface area contributed by atoms with E-state index in [2.05, 4.69) is 15.8 Å². The first-order valence-corrected chi connectivity index (χ1v) is 2.89. The zero-order chi connectivity index (χ0) is 7.11. The third-order valence-corrected chi connectivity index (χ3v) is 0.774. The van der Waals surface area contributed by atoms with Crippen molar-refractivity contribution < 1.29 is 15.8 Å². The van der Waals surface area contributed by atoms with Gasteiger partial charge in [-0.25, -0.2) is 0 Å². The van der Waals surface area contributed by atoms with Crippen LogP contribution in [0, 0.1) is 4.38 Å². The summed E-state index contributed by atoms with van der Waals surface area (Å²) in [6, 6.07) is 9.10. The summed E-state index contributed by atoms with van der Waals surface area (Å²) in [5.41, 5.74) is 7.57. The van der Waals surface area contributed by atoms with Crippen LogP contribution in [0.5, 0.6) is 0 Å². The molecule has 2 N–H and O–H groups in total. The van der Waals surface area contributed by atoms with E-state index in [0.717, 1.165) is 0 Å². The van der Waals surface area contributed by atoms with Crippen LogP contribution in [0.15, 0.2) is 30.3 Å². The summed E-state index contributed by atoms with van der Waals surface area (Å²) in [6.07, 6.45) is 0. The van der Waals surface area contributed by atoms with Gasteiger partial charge in [0, 0.05) is 0 Å². The molecule has 0 saturated carbocycles. The summed E-state index contributed by atoms with van der Waals surface area (Å²) >= 11 is 2.50. The number of rotatable bonds is 0. The summed E-state index contributed by atoms with van der Waals surface area (Å²) in [6.45, 7) is 0. The summed E-state index contributed by atoms with van der Waals surface area (Å²) in [4.78, 5) is 0. The third kappa shape index (κ3) is 3.88. The Kier molecular flexibility index (Phi) is 5.07. The Morgan fingerprint density at radius 2 is 1.56 bits per heavy atom. The molecule has 0 atom stereocenters. The molecule has 3 heteroatoms. The molecule has 0 aromatic heterocycles. The van der Waals surface area contributed by atoms with Gasteiger partial charge in [-0.2, -0.15) is 0 Å². The Bertz CT molecular complexity index is 152. The van der Waals surface area contributed by atoms with E-state index in [1.807, 2.05) is 18.2 Å². The normalized spacial score (nSPS) is 7.11. The number of hydrogen-bond donors (Lipinski definition) is 1. The molecule has 0 fully saturated rings. The maximum atomic E-state index is 7.00. The topological polar surface area (TPSA) is 47.7 Å². The molecule has 0 heterocycles. The van der Waals surface area contributed by atoms with Crippen LogP contribution in [-0.2, 0) is 15.8 Å². The van der Waals surface area contributed by atoms with E-state index in [4.69, 9.17) is 10.1 Å².